The first-order chi connectivity index (χ1) is 10.1. The van der Waals surface area contributed by atoms with Gasteiger partial charge in [-0.2, -0.15) is 0 Å². The number of ketones is 2. The van der Waals surface area contributed by atoms with Gasteiger partial charge < -0.3 is 4.74 Å². The Balaban J connectivity index is 1.94. The Morgan fingerprint density at radius 3 is 2.71 bits per heavy atom. The van der Waals surface area contributed by atoms with Crippen molar-refractivity contribution in [1.29, 1.82) is 0 Å². The molecule has 0 heterocycles. The van der Waals surface area contributed by atoms with E-state index < -0.39 is 0 Å². The van der Waals surface area contributed by atoms with Gasteiger partial charge in [-0.25, -0.2) is 4.39 Å². The maximum absolute atomic E-state index is 12.9. The van der Waals surface area contributed by atoms with Gasteiger partial charge in [0.2, 0.25) is 0 Å². The second-order valence-corrected chi connectivity index (χ2v) is 5.56. The maximum atomic E-state index is 12.9. The molecule has 21 heavy (non-hydrogen) atoms. The molecular weight excluding hydrogens is 271 g/mol. The van der Waals surface area contributed by atoms with Gasteiger partial charge in [0.25, 0.3) is 0 Å². The molecule has 1 aliphatic carbocycles. The first kappa shape index (κ1) is 15.8. The smallest absolute Gasteiger partial charge is 0.163 e. The van der Waals surface area contributed by atoms with Crippen LogP contribution in [0.4, 0.5) is 4.39 Å². The van der Waals surface area contributed by atoms with Crippen molar-refractivity contribution in [2.24, 2.45) is 5.92 Å². The molecule has 2 rings (SSSR count). The Morgan fingerprint density at radius 1 is 1.33 bits per heavy atom. The van der Waals surface area contributed by atoms with Crippen LogP contribution in [0.5, 0.6) is 0 Å². The number of ether oxygens (including phenoxy) is 1. The van der Waals surface area contributed by atoms with E-state index in [1.54, 1.807) is 0 Å². The molecule has 0 saturated heterocycles. The first-order valence-corrected chi connectivity index (χ1v) is 7.53. The molecule has 0 aromatic heterocycles. The fraction of sp³-hybridized carbons (Fsp3) is 0.529. The van der Waals surface area contributed by atoms with Crippen LogP contribution in [0.25, 0.3) is 0 Å². The summed E-state index contributed by atoms with van der Waals surface area (Å²) in [6.45, 7) is 2.74. The quantitative estimate of drug-likeness (QED) is 0.753. The summed E-state index contributed by atoms with van der Waals surface area (Å²) >= 11 is 0. The van der Waals surface area contributed by atoms with Gasteiger partial charge in [0.15, 0.2) is 5.78 Å². The number of hydrogen-bond acceptors (Lipinski definition) is 3. The summed E-state index contributed by atoms with van der Waals surface area (Å²) in [5.74, 6) is -0.599. The van der Waals surface area contributed by atoms with Crippen LogP contribution >= 0.6 is 0 Å². The molecule has 4 heteroatoms. The van der Waals surface area contributed by atoms with Crippen LogP contribution in [0, 0.1) is 11.7 Å². The van der Waals surface area contributed by atoms with Crippen LogP contribution in [-0.4, -0.2) is 24.3 Å². The third kappa shape index (κ3) is 4.46. The van der Waals surface area contributed by atoms with E-state index in [9.17, 15) is 14.0 Å². The number of hydrogen-bond donors (Lipinski definition) is 0. The predicted octanol–water partition coefficient (Wildman–Crippen LogP) is 3.56. The molecule has 2 unspecified atom stereocenters. The van der Waals surface area contributed by atoms with Gasteiger partial charge in [-0.3, -0.25) is 9.59 Å². The van der Waals surface area contributed by atoms with Gasteiger partial charge in [-0.05, 0) is 43.5 Å². The number of carbonyl (C=O) groups excluding carboxylic acids is 2. The van der Waals surface area contributed by atoms with E-state index in [1.165, 1.54) is 24.3 Å². The molecule has 0 radical (unpaired) electrons. The number of carbonyl (C=O) groups is 2. The van der Waals surface area contributed by atoms with E-state index >= 15 is 0 Å². The third-order valence-electron chi connectivity index (χ3n) is 3.87. The molecule has 0 spiro atoms. The monoisotopic (exact) mass is 292 g/mol. The highest BCUT2D eigenvalue weighted by molar-refractivity contribution is 5.99. The van der Waals surface area contributed by atoms with E-state index in [0.29, 0.717) is 25.0 Å². The van der Waals surface area contributed by atoms with Gasteiger partial charge in [-0.15, -0.1) is 0 Å². The molecule has 0 bridgehead atoms. The van der Waals surface area contributed by atoms with Crippen LogP contribution in [0.3, 0.4) is 0 Å². The molecule has 0 amide bonds. The second kappa shape index (κ2) is 7.46. The fourth-order valence-electron chi connectivity index (χ4n) is 2.68. The highest BCUT2D eigenvalue weighted by Gasteiger charge is 2.30. The Kier molecular flexibility index (Phi) is 5.62. The van der Waals surface area contributed by atoms with Gasteiger partial charge >= 0.3 is 0 Å². The van der Waals surface area contributed by atoms with Gasteiger partial charge in [0, 0.05) is 30.9 Å². The van der Waals surface area contributed by atoms with Crippen LogP contribution in [0.15, 0.2) is 24.3 Å². The van der Waals surface area contributed by atoms with Crippen molar-refractivity contribution in [2.75, 3.05) is 6.61 Å². The lowest BCUT2D eigenvalue weighted by molar-refractivity contribution is -0.128. The maximum Gasteiger partial charge on any atom is 0.163 e. The van der Waals surface area contributed by atoms with E-state index in [-0.39, 0.29) is 35.8 Å². The zero-order valence-electron chi connectivity index (χ0n) is 12.3. The van der Waals surface area contributed by atoms with Crippen molar-refractivity contribution in [2.45, 2.75) is 45.1 Å². The Hall–Kier alpha value is -1.55. The summed E-state index contributed by atoms with van der Waals surface area (Å²) < 4.78 is 18.6. The predicted molar refractivity (Wildman–Crippen MR) is 77.7 cm³/mol. The molecule has 2 atom stereocenters. The minimum Gasteiger partial charge on any atom is -0.378 e. The van der Waals surface area contributed by atoms with E-state index in [2.05, 4.69) is 0 Å². The Labute approximate surface area is 124 Å². The zero-order valence-corrected chi connectivity index (χ0v) is 12.3. The standard InChI is InChI=1S/C17H21FO3/c1-2-9-21-15-7-8-16(19)13(10-15)11-17(20)12-3-5-14(18)6-4-12/h3-6,13,15H,2,7-11H2,1H3. The van der Waals surface area contributed by atoms with Gasteiger partial charge in [0.05, 0.1) is 6.10 Å². The van der Waals surface area contributed by atoms with Crippen LogP contribution in [0.1, 0.15) is 49.4 Å². The SMILES string of the molecule is CCCOC1CCC(=O)C(CC(=O)c2ccc(F)cc2)C1. The molecular formula is C17H21FO3. The van der Waals surface area contributed by atoms with Crippen molar-refractivity contribution < 1.29 is 18.7 Å². The summed E-state index contributed by atoms with van der Waals surface area (Å²) in [5.41, 5.74) is 0.459. The average Bonchev–Trinajstić information content (AvgIpc) is 2.48. The highest BCUT2D eigenvalue weighted by atomic mass is 19.1. The summed E-state index contributed by atoms with van der Waals surface area (Å²) in [4.78, 5) is 24.1. The van der Waals surface area contributed by atoms with E-state index in [1.807, 2.05) is 6.92 Å². The molecule has 1 saturated carbocycles. The van der Waals surface area contributed by atoms with Crippen molar-refractivity contribution in [3.05, 3.63) is 35.6 Å². The fourth-order valence-corrected chi connectivity index (χ4v) is 2.68. The zero-order chi connectivity index (χ0) is 15.2. The highest BCUT2D eigenvalue weighted by Crippen LogP contribution is 2.27. The molecule has 114 valence electrons. The van der Waals surface area contributed by atoms with Crippen LogP contribution < -0.4 is 0 Å². The Morgan fingerprint density at radius 2 is 2.05 bits per heavy atom. The average molecular weight is 292 g/mol. The molecule has 1 aromatic rings. The summed E-state index contributed by atoms with van der Waals surface area (Å²) in [7, 11) is 0. The lowest BCUT2D eigenvalue weighted by Crippen LogP contribution is -2.31. The topological polar surface area (TPSA) is 43.4 Å². The van der Waals surface area contributed by atoms with Crippen molar-refractivity contribution in [3.63, 3.8) is 0 Å². The second-order valence-electron chi connectivity index (χ2n) is 5.56. The minimum absolute atomic E-state index is 0.0775. The van der Waals surface area contributed by atoms with Gasteiger partial charge in [-0.1, -0.05) is 6.92 Å². The van der Waals surface area contributed by atoms with Gasteiger partial charge in [0.1, 0.15) is 11.6 Å². The third-order valence-corrected chi connectivity index (χ3v) is 3.87. The van der Waals surface area contributed by atoms with Crippen molar-refractivity contribution in [1.82, 2.24) is 0 Å². The molecule has 1 fully saturated rings. The molecule has 0 N–H and O–H groups in total. The molecule has 1 aromatic carbocycles. The summed E-state index contributed by atoms with van der Waals surface area (Å²) in [6.07, 6.45) is 3.07. The van der Waals surface area contributed by atoms with Crippen molar-refractivity contribution >= 4 is 11.6 Å². The van der Waals surface area contributed by atoms with Crippen LogP contribution in [0.2, 0.25) is 0 Å². The lowest BCUT2D eigenvalue weighted by Gasteiger charge is -2.27. The van der Waals surface area contributed by atoms with E-state index in [0.717, 1.165) is 12.8 Å². The lowest BCUT2D eigenvalue weighted by atomic mass is 9.82. The number of Topliss-reactive ketones (excluding diaryl/α,β-unsaturated/α-hetero) is 2. The normalized spacial score (nSPS) is 22.3. The molecule has 3 nitrogen and oxygen atoms in total. The van der Waals surface area contributed by atoms with E-state index in [4.69, 9.17) is 4.74 Å². The van der Waals surface area contributed by atoms with Crippen molar-refractivity contribution in [3.8, 4) is 0 Å². The number of benzene rings is 1. The number of rotatable bonds is 6. The first-order valence-electron chi connectivity index (χ1n) is 7.53. The minimum atomic E-state index is -0.367. The molecule has 1 aliphatic rings. The summed E-state index contributed by atoms with van der Waals surface area (Å²) in [6, 6.07) is 5.47. The van der Waals surface area contributed by atoms with Crippen LogP contribution in [-0.2, 0) is 9.53 Å². The molecule has 0 aliphatic heterocycles. The Bertz CT molecular complexity index is 495. The largest absolute Gasteiger partial charge is 0.378 e. The summed E-state index contributed by atoms with van der Waals surface area (Å²) in [5, 5.41) is 0. The number of halogens is 1.